The first-order chi connectivity index (χ1) is 10.6. The number of carbonyl (C=O) groups excluding carboxylic acids is 2. The number of piperazine rings is 1. The molecule has 1 aliphatic heterocycles. The van der Waals surface area contributed by atoms with Gasteiger partial charge in [-0.15, -0.1) is 12.4 Å². The molecule has 0 aromatic carbocycles. The Kier molecular flexibility index (Phi) is 8.69. The molecule has 0 aromatic heterocycles. The highest BCUT2D eigenvalue weighted by Gasteiger charge is 2.25. The van der Waals surface area contributed by atoms with Gasteiger partial charge in [-0.3, -0.25) is 4.79 Å². The van der Waals surface area contributed by atoms with Crippen molar-refractivity contribution in [2.24, 2.45) is 5.73 Å². The van der Waals surface area contributed by atoms with Crippen molar-refractivity contribution in [2.75, 3.05) is 26.2 Å². The third-order valence-corrected chi connectivity index (χ3v) is 4.67. The van der Waals surface area contributed by atoms with Gasteiger partial charge in [0, 0.05) is 44.7 Å². The molecule has 7 heteroatoms. The van der Waals surface area contributed by atoms with E-state index in [1.54, 1.807) is 0 Å². The fourth-order valence-electron chi connectivity index (χ4n) is 3.18. The monoisotopic (exact) mass is 346 g/mol. The lowest BCUT2D eigenvalue weighted by Crippen LogP contribution is -2.54. The maximum atomic E-state index is 12.3. The van der Waals surface area contributed by atoms with Crippen LogP contribution < -0.4 is 11.1 Å². The van der Waals surface area contributed by atoms with E-state index in [9.17, 15) is 9.59 Å². The van der Waals surface area contributed by atoms with Crippen LogP contribution in [0.25, 0.3) is 0 Å². The summed E-state index contributed by atoms with van der Waals surface area (Å²) in [6.07, 6.45) is 7.14. The van der Waals surface area contributed by atoms with E-state index in [1.807, 2.05) is 16.7 Å². The van der Waals surface area contributed by atoms with Crippen LogP contribution in [0.3, 0.4) is 0 Å². The Morgan fingerprint density at radius 1 is 1.09 bits per heavy atom. The minimum atomic E-state index is 0. The van der Waals surface area contributed by atoms with E-state index in [4.69, 9.17) is 5.73 Å². The minimum Gasteiger partial charge on any atom is -0.339 e. The Labute approximate surface area is 145 Å². The molecule has 1 unspecified atom stereocenters. The smallest absolute Gasteiger partial charge is 0.317 e. The number of halogens is 1. The molecule has 2 rings (SSSR count). The largest absolute Gasteiger partial charge is 0.339 e. The predicted molar refractivity (Wildman–Crippen MR) is 93.7 cm³/mol. The number of rotatable bonds is 4. The van der Waals surface area contributed by atoms with Crippen molar-refractivity contribution in [3.05, 3.63) is 0 Å². The standard InChI is InChI=1S/C16H30N4O2.ClH/c1-13(17)7-8-15(21)19-9-11-20(12-10-19)16(22)18-14-5-3-2-4-6-14;/h13-14H,2-12,17H2,1H3,(H,18,22);1H. The lowest BCUT2D eigenvalue weighted by atomic mass is 9.96. The van der Waals surface area contributed by atoms with Gasteiger partial charge in [0.25, 0.3) is 0 Å². The van der Waals surface area contributed by atoms with E-state index in [0.29, 0.717) is 38.6 Å². The summed E-state index contributed by atoms with van der Waals surface area (Å²) in [6.45, 7) is 4.44. The van der Waals surface area contributed by atoms with Crippen LogP contribution in [-0.4, -0.2) is 60.0 Å². The minimum absolute atomic E-state index is 0. The second-order valence-corrected chi connectivity index (χ2v) is 6.67. The first-order valence-electron chi connectivity index (χ1n) is 8.65. The Balaban J connectivity index is 0.00000264. The SMILES string of the molecule is CC(N)CCC(=O)N1CCN(C(=O)NC2CCCCC2)CC1.Cl. The zero-order valence-electron chi connectivity index (χ0n) is 14.1. The van der Waals surface area contributed by atoms with Gasteiger partial charge in [-0.2, -0.15) is 0 Å². The summed E-state index contributed by atoms with van der Waals surface area (Å²) in [4.78, 5) is 28.0. The van der Waals surface area contributed by atoms with Gasteiger partial charge in [0.1, 0.15) is 0 Å². The number of hydrogen-bond acceptors (Lipinski definition) is 3. The Morgan fingerprint density at radius 2 is 1.65 bits per heavy atom. The van der Waals surface area contributed by atoms with Gasteiger partial charge in [0.2, 0.25) is 5.91 Å². The van der Waals surface area contributed by atoms with E-state index in [0.717, 1.165) is 19.3 Å². The number of amides is 3. The fourth-order valence-corrected chi connectivity index (χ4v) is 3.18. The fraction of sp³-hybridized carbons (Fsp3) is 0.875. The average Bonchev–Trinajstić information content (AvgIpc) is 2.53. The molecule has 0 bridgehead atoms. The second-order valence-electron chi connectivity index (χ2n) is 6.67. The number of nitrogens with zero attached hydrogens (tertiary/aromatic N) is 2. The lowest BCUT2D eigenvalue weighted by Gasteiger charge is -2.36. The molecule has 134 valence electrons. The molecular weight excluding hydrogens is 316 g/mol. The molecule has 1 aliphatic carbocycles. The van der Waals surface area contributed by atoms with Crippen molar-refractivity contribution >= 4 is 24.3 Å². The molecule has 23 heavy (non-hydrogen) atoms. The molecule has 2 aliphatic rings. The van der Waals surface area contributed by atoms with Gasteiger partial charge in [-0.1, -0.05) is 19.3 Å². The number of nitrogens with two attached hydrogens (primary N) is 1. The summed E-state index contributed by atoms with van der Waals surface area (Å²) in [5, 5.41) is 3.14. The zero-order valence-corrected chi connectivity index (χ0v) is 14.9. The normalized spacial score (nSPS) is 20.6. The highest BCUT2D eigenvalue weighted by Crippen LogP contribution is 2.17. The quantitative estimate of drug-likeness (QED) is 0.813. The third-order valence-electron chi connectivity index (χ3n) is 4.67. The molecule has 0 spiro atoms. The lowest BCUT2D eigenvalue weighted by molar-refractivity contribution is -0.132. The molecule has 3 N–H and O–H groups in total. The number of urea groups is 1. The highest BCUT2D eigenvalue weighted by molar-refractivity contribution is 5.85. The van der Waals surface area contributed by atoms with Gasteiger partial charge >= 0.3 is 6.03 Å². The highest BCUT2D eigenvalue weighted by atomic mass is 35.5. The second kappa shape index (κ2) is 9.98. The molecule has 1 heterocycles. The summed E-state index contributed by atoms with van der Waals surface area (Å²) in [7, 11) is 0. The summed E-state index contributed by atoms with van der Waals surface area (Å²) < 4.78 is 0. The van der Waals surface area contributed by atoms with Crippen molar-refractivity contribution < 1.29 is 9.59 Å². The molecule has 0 radical (unpaired) electrons. The summed E-state index contributed by atoms with van der Waals surface area (Å²) in [5.74, 6) is 0.157. The Morgan fingerprint density at radius 3 is 2.22 bits per heavy atom. The van der Waals surface area contributed by atoms with Crippen LogP contribution >= 0.6 is 12.4 Å². The van der Waals surface area contributed by atoms with E-state index in [2.05, 4.69) is 5.32 Å². The average molecular weight is 347 g/mol. The van der Waals surface area contributed by atoms with Gasteiger partial charge in [-0.25, -0.2) is 4.79 Å². The van der Waals surface area contributed by atoms with Crippen LogP contribution in [0.5, 0.6) is 0 Å². The van der Waals surface area contributed by atoms with Crippen LogP contribution in [0, 0.1) is 0 Å². The molecule has 0 aromatic rings. The number of hydrogen-bond donors (Lipinski definition) is 2. The van der Waals surface area contributed by atoms with E-state index in [-0.39, 0.29) is 30.4 Å². The van der Waals surface area contributed by atoms with Crippen molar-refractivity contribution in [1.29, 1.82) is 0 Å². The Hall–Kier alpha value is -1.01. The van der Waals surface area contributed by atoms with Gasteiger partial charge < -0.3 is 20.9 Å². The van der Waals surface area contributed by atoms with Crippen LogP contribution in [0.2, 0.25) is 0 Å². The molecule has 1 atom stereocenters. The number of carbonyl (C=O) groups is 2. The van der Waals surface area contributed by atoms with Crippen LogP contribution in [-0.2, 0) is 4.79 Å². The van der Waals surface area contributed by atoms with Gasteiger partial charge in [0.05, 0.1) is 0 Å². The molecular formula is C16H31ClN4O2. The molecule has 1 saturated heterocycles. The maximum Gasteiger partial charge on any atom is 0.317 e. The van der Waals surface area contributed by atoms with Crippen molar-refractivity contribution in [3.8, 4) is 0 Å². The van der Waals surface area contributed by atoms with E-state index < -0.39 is 0 Å². The number of nitrogens with one attached hydrogen (secondary N) is 1. The summed E-state index contributed by atoms with van der Waals surface area (Å²) >= 11 is 0. The Bertz CT molecular complexity index is 378. The van der Waals surface area contributed by atoms with Crippen LogP contribution in [0.15, 0.2) is 0 Å². The third kappa shape index (κ3) is 6.55. The van der Waals surface area contributed by atoms with Gasteiger partial charge in [0.15, 0.2) is 0 Å². The molecule has 1 saturated carbocycles. The molecule has 3 amide bonds. The maximum absolute atomic E-state index is 12.3. The van der Waals surface area contributed by atoms with E-state index in [1.165, 1.54) is 19.3 Å². The van der Waals surface area contributed by atoms with Crippen molar-refractivity contribution in [2.45, 2.75) is 64.0 Å². The first-order valence-corrected chi connectivity index (χ1v) is 8.65. The van der Waals surface area contributed by atoms with Crippen LogP contribution in [0.4, 0.5) is 4.79 Å². The van der Waals surface area contributed by atoms with Crippen molar-refractivity contribution in [3.63, 3.8) is 0 Å². The first kappa shape index (κ1) is 20.0. The van der Waals surface area contributed by atoms with Crippen molar-refractivity contribution in [1.82, 2.24) is 15.1 Å². The summed E-state index contributed by atoms with van der Waals surface area (Å²) in [6, 6.07) is 0.438. The van der Waals surface area contributed by atoms with Gasteiger partial charge in [-0.05, 0) is 26.2 Å². The van der Waals surface area contributed by atoms with Crippen LogP contribution in [0.1, 0.15) is 51.9 Å². The molecule has 2 fully saturated rings. The predicted octanol–water partition coefficient (Wildman–Crippen LogP) is 1.72. The summed E-state index contributed by atoms with van der Waals surface area (Å²) in [5.41, 5.74) is 5.69. The van der Waals surface area contributed by atoms with E-state index >= 15 is 0 Å². The topological polar surface area (TPSA) is 78.7 Å². The zero-order chi connectivity index (χ0) is 15.9. The molecule has 6 nitrogen and oxygen atoms in total.